The van der Waals surface area contributed by atoms with Gasteiger partial charge in [0, 0.05) is 11.8 Å². The van der Waals surface area contributed by atoms with E-state index >= 15 is 0 Å². The van der Waals surface area contributed by atoms with Crippen LogP contribution in [0.25, 0.3) is 0 Å². The van der Waals surface area contributed by atoms with Crippen molar-refractivity contribution in [3.05, 3.63) is 47.0 Å². The van der Waals surface area contributed by atoms with Crippen LogP contribution in [-0.2, 0) is 9.53 Å². The Morgan fingerprint density at radius 1 is 1.03 bits per heavy atom. The summed E-state index contributed by atoms with van der Waals surface area (Å²) in [5.74, 6) is 2.16. The number of hydrogen-bond acceptors (Lipinski definition) is 3. The first-order valence-corrected chi connectivity index (χ1v) is 11.8. The van der Waals surface area contributed by atoms with Crippen molar-refractivity contribution >= 4 is 11.8 Å². The molecule has 0 heterocycles. The molecule has 0 bridgehead atoms. The Kier molecular flexibility index (Phi) is 4.72. The van der Waals surface area contributed by atoms with Gasteiger partial charge in [-0.2, -0.15) is 0 Å². The van der Waals surface area contributed by atoms with Crippen LogP contribution in [-0.4, -0.2) is 17.9 Å². The lowest BCUT2D eigenvalue weighted by Crippen LogP contribution is -2.51. The molecule has 0 aromatic heterocycles. The van der Waals surface area contributed by atoms with Crippen LogP contribution in [0.1, 0.15) is 81.1 Å². The third-order valence-electron chi connectivity index (χ3n) is 9.38. The number of aryl methyl sites for hydroxylation is 1. The molecule has 3 saturated carbocycles. The fraction of sp³-hybridized carbons (Fsp3) is 0.630. The molecule has 0 spiro atoms. The van der Waals surface area contributed by atoms with Crippen LogP contribution in [0.4, 0.5) is 0 Å². The van der Waals surface area contributed by atoms with Crippen LogP contribution < -0.4 is 0 Å². The van der Waals surface area contributed by atoms with Crippen molar-refractivity contribution in [2.75, 3.05) is 0 Å². The summed E-state index contributed by atoms with van der Waals surface area (Å²) in [6.07, 6.45) is 10.5. The van der Waals surface area contributed by atoms with E-state index in [1.165, 1.54) is 18.4 Å². The standard InChI is InChI=1S/C27H34O3/c1-17-5-4-6-18(15-17)25(29)30-24-10-9-22-21-8-7-19-16-20(28)11-13-26(19,2)23(21)12-14-27(22,24)3/h4-6,15-16,21-24H,7-14H2,1-3H3/t21-,22-,23-,24-,26-,27-/m0/s1. The average Bonchev–Trinajstić information content (AvgIpc) is 3.05. The Hall–Kier alpha value is -1.90. The van der Waals surface area contributed by atoms with Gasteiger partial charge in [-0.15, -0.1) is 0 Å². The largest absolute Gasteiger partial charge is 0.458 e. The predicted molar refractivity (Wildman–Crippen MR) is 117 cm³/mol. The fourth-order valence-corrected chi connectivity index (χ4v) is 7.67. The zero-order valence-corrected chi connectivity index (χ0v) is 18.6. The van der Waals surface area contributed by atoms with Crippen LogP contribution in [0.5, 0.6) is 0 Å². The van der Waals surface area contributed by atoms with E-state index in [0.717, 1.165) is 37.7 Å². The third-order valence-corrected chi connectivity index (χ3v) is 9.38. The minimum atomic E-state index is -0.167. The summed E-state index contributed by atoms with van der Waals surface area (Å²) in [7, 11) is 0. The number of benzene rings is 1. The Morgan fingerprint density at radius 2 is 1.87 bits per heavy atom. The number of carbonyl (C=O) groups is 2. The average molecular weight is 407 g/mol. The van der Waals surface area contributed by atoms with E-state index in [-0.39, 0.29) is 22.9 Å². The van der Waals surface area contributed by atoms with Crippen LogP contribution in [0.2, 0.25) is 0 Å². The molecule has 4 aliphatic carbocycles. The van der Waals surface area contributed by atoms with Gasteiger partial charge in [0.25, 0.3) is 0 Å². The second-order valence-electron chi connectivity index (χ2n) is 10.9. The van der Waals surface area contributed by atoms with E-state index in [1.807, 2.05) is 37.3 Å². The Morgan fingerprint density at radius 3 is 2.67 bits per heavy atom. The highest BCUT2D eigenvalue weighted by molar-refractivity contribution is 5.91. The van der Waals surface area contributed by atoms with E-state index in [1.54, 1.807) is 0 Å². The molecule has 1 aromatic carbocycles. The second-order valence-corrected chi connectivity index (χ2v) is 10.9. The first kappa shape index (κ1) is 20.0. The normalized spacial score (nSPS) is 40.1. The maximum atomic E-state index is 12.9. The van der Waals surface area contributed by atoms with Crippen LogP contribution in [0.15, 0.2) is 35.9 Å². The van der Waals surface area contributed by atoms with Gasteiger partial charge in [0.1, 0.15) is 6.10 Å². The number of ether oxygens (including phenoxy) is 1. The van der Waals surface area contributed by atoms with Crippen LogP contribution in [0, 0.1) is 35.5 Å². The summed E-state index contributed by atoms with van der Waals surface area (Å²) >= 11 is 0. The molecule has 0 unspecified atom stereocenters. The zero-order valence-electron chi connectivity index (χ0n) is 18.6. The van der Waals surface area contributed by atoms with Crippen molar-refractivity contribution < 1.29 is 14.3 Å². The molecule has 0 amide bonds. The summed E-state index contributed by atoms with van der Waals surface area (Å²) < 4.78 is 6.16. The number of esters is 1. The van der Waals surface area contributed by atoms with E-state index in [9.17, 15) is 9.59 Å². The smallest absolute Gasteiger partial charge is 0.338 e. The fourth-order valence-electron chi connectivity index (χ4n) is 7.67. The third kappa shape index (κ3) is 2.99. The van der Waals surface area contributed by atoms with Gasteiger partial charge in [0.05, 0.1) is 5.56 Å². The van der Waals surface area contributed by atoms with Gasteiger partial charge in [-0.05, 0) is 93.2 Å². The van der Waals surface area contributed by atoms with Gasteiger partial charge >= 0.3 is 5.97 Å². The first-order chi connectivity index (χ1) is 14.3. The Balaban J connectivity index is 1.36. The topological polar surface area (TPSA) is 43.4 Å². The molecule has 1 aromatic rings. The molecule has 160 valence electrons. The minimum absolute atomic E-state index is 0.0224. The SMILES string of the molecule is Cc1cccc(C(=O)O[C@H]2CC[C@H]3[C@@H]4CCC5=CC(=O)CC[C@]5(C)[C@H]4CC[C@]23C)c1. The van der Waals surface area contributed by atoms with Crippen molar-refractivity contribution in [2.24, 2.45) is 28.6 Å². The molecule has 3 heteroatoms. The molecule has 0 radical (unpaired) electrons. The highest BCUT2D eigenvalue weighted by Crippen LogP contribution is 2.65. The lowest BCUT2D eigenvalue weighted by atomic mass is 9.47. The monoisotopic (exact) mass is 406 g/mol. The van der Waals surface area contributed by atoms with Crippen molar-refractivity contribution in [2.45, 2.75) is 78.2 Å². The van der Waals surface area contributed by atoms with Gasteiger partial charge in [0.2, 0.25) is 0 Å². The molecule has 3 fully saturated rings. The number of carbonyl (C=O) groups excluding carboxylic acids is 2. The molecule has 3 nitrogen and oxygen atoms in total. The molecular weight excluding hydrogens is 372 g/mol. The first-order valence-electron chi connectivity index (χ1n) is 11.8. The molecule has 30 heavy (non-hydrogen) atoms. The van der Waals surface area contributed by atoms with Crippen LogP contribution in [0.3, 0.4) is 0 Å². The summed E-state index contributed by atoms with van der Waals surface area (Å²) in [5, 5.41) is 0. The number of ketones is 1. The molecule has 4 aliphatic rings. The molecular formula is C27H34O3. The number of hydrogen-bond donors (Lipinski definition) is 0. The van der Waals surface area contributed by atoms with Crippen molar-refractivity contribution in [1.29, 1.82) is 0 Å². The molecule has 6 atom stereocenters. The predicted octanol–water partition coefficient (Wildman–Crippen LogP) is 6.05. The molecule has 0 saturated heterocycles. The molecule has 0 aliphatic heterocycles. The van der Waals surface area contributed by atoms with Crippen LogP contribution >= 0.6 is 0 Å². The maximum Gasteiger partial charge on any atom is 0.338 e. The summed E-state index contributed by atoms with van der Waals surface area (Å²) in [6, 6.07) is 7.73. The maximum absolute atomic E-state index is 12.9. The Labute approximate surface area is 180 Å². The highest BCUT2D eigenvalue weighted by Gasteiger charge is 2.60. The van der Waals surface area contributed by atoms with E-state index in [2.05, 4.69) is 13.8 Å². The quantitative estimate of drug-likeness (QED) is 0.561. The van der Waals surface area contributed by atoms with E-state index < -0.39 is 0 Å². The summed E-state index contributed by atoms with van der Waals surface area (Å²) in [5.41, 5.74) is 3.47. The van der Waals surface area contributed by atoms with Gasteiger partial charge in [-0.1, -0.05) is 37.1 Å². The van der Waals surface area contributed by atoms with E-state index in [4.69, 9.17) is 4.74 Å². The lowest BCUT2D eigenvalue weighted by Gasteiger charge is -2.57. The van der Waals surface area contributed by atoms with E-state index in [0.29, 0.717) is 35.5 Å². The van der Waals surface area contributed by atoms with Crippen molar-refractivity contribution in [3.63, 3.8) is 0 Å². The summed E-state index contributed by atoms with van der Waals surface area (Å²) in [4.78, 5) is 24.9. The number of allylic oxidation sites excluding steroid dienone is 1. The molecule has 0 N–H and O–H groups in total. The second kappa shape index (κ2) is 7.07. The van der Waals surface area contributed by atoms with Gasteiger partial charge in [0.15, 0.2) is 5.78 Å². The Bertz CT molecular complexity index is 914. The minimum Gasteiger partial charge on any atom is -0.458 e. The van der Waals surface area contributed by atoms with Gasteiger partial charge < -0.3 is 4.74 Å². The zero-order chi connectivity index (χ0) is 21.1. The van der Waals surface area contributed by atoms with Crippen molar-refractivity contribution in [1.82, 2.24) is 0 Å². The highest BCUT2D eigenvalue weighted by atomic mass is 16.5. The van der Waals surface area contributed by atoms with Gasteiger partial charge in [-0.3, -0.25) is 4.79 Å². The summed E-state index contributed by atoms with van der Waals surface area (Å²) in [6.45, 7) is 6.82. The number of fused-ring (bicyclic) bond motifs is 5. The van der Waals surface area contributed by atoms with Gasteiger partial charge in [-0.25, -0.2) is 4.79 Å². The number of rotatable bonds is 2. The lowest BCUT2D eigenvalue weighted by molar-refractivity contribution is -0.118. The van der Waals surface area contributed by atoms with Crippen molar-refractivity contribution in [3.8, 4) is 0 Å². The molecule has 5 rings (SSSR count).